The Morgan fingerprint density at radius 1 is 1.21 bits per heavy atom. The number of hydrogen-bond acceptors (Lipinski definition) is 8. The lowest BCUT2D eigenvalue weighted by atomic mass is 9.94. The highest BCUT2D eigenvalue weighted by Gasteiger charge is 2.28. The van der Waals surface area contributed by atoms with Crippen molar-refractivity contribution in [2.45, 2.75) is 32.9 Å². The molecule has 0 radical (unpaired) electrons. The number of nitrogen functional groups attached to an aromatic ring is 1. The lowest BCUT2D eigenvalue weighted by molar-refractivity contribution is 0.141. The van der Waals surface area contributed by atoms with Crippen molar-refractivity contribution in [2.75, 3.05) is 30.8 Å². The number of pyridine rings is 1. The average molecular weight is 480 g/mol. The fraction of sp³-hybridized carbons (Fsp3) is 0.333. The van der Waals surface area contributed by atoms with Crippen LogP contribution in [0.3, 0.4) is 0 Å². The molecule has 1 saturated heterocycles. The van der Waals surface area contributed by atoms with Gasteiger partial charge in [-0.3, -0.25) is 0 Å². The molecule has 1 aliphatic heterocycles. The number of nitrogens with zero attached hydrogens (tertiary/aromatic N) is 6. The number of halogens is 1. The van der Waals surface area contributed by atoms with Gasteiger partial charge in [-0.05, 0) is 50.1 Å². The third-order valence-corrected chi connectivity index (χ3v) is 6.83. The second-order valence-electron chi connectivity index (χ2n) is 8.61. The average Bonchev–Trinajstić information content (AvgIpc) is 3.15. The predicted octanol–water partition coefficient (Wildman–Crippen LogP) is 3.54. The van der Waals surface area contributed by atoms with Crippen molar-refractivity contribution in [1.29, 1.82) is 0 Å². The summed E-state index contributed by atoms with van der Waals surface area (Å²) in [4.78, 5) is 15.1. The van der Waals surface area contributed by atoms with E-state index in [-0.39, 0.29) is 12.1 Å². The highest BCUT2D eigenvalue weighted by molar-refractivity contribution is 6.32. The van der Waals surface area contributed by atoms with Crippen LogP contribution < -0.4 is 15.4 Å². The second kappa shape index (κ2) is 8.41. The fourth-order valence-corrected chi connectivity index (χ4v) is 4.79. The summed E-state index contributed by atoms with van der Waals surface area (Å²) in [6.07, 6.45) is 2.89. The molecule has 3 N–H and O–H groups in total. The minimum atomic E-state index is -0.314. The molecular weight excluding hydrogens is 454 g/mol. The molecule has 4 heterocycles. The van der Waals surface area contributed by atoms with Gasteiger partial charge in [0.1, 0.15) is 23.7 Å². The van der Waals surface area contributed by atoms with Gasteiger partial charge in [-0.1, -0.05) is 11.6 Å². The van der Waals surface area contributed by atoms with Crippen molar-refractivity contribution < 1.29 is 9.84 Å². The smallest absolute Gasteiger partial charge is 0.164 e. The Kier molecular flexibility index (Phi) is 5.53. The number of ether oxygens (including phenoxy) is 1. The molecule has 5 rings (SSSR count). The molecule has 1 atom stereocenters. The molecule has 0 amide bonds. The van der Waals surface area contributed by atoms with Crippen LogP contribution in [-0.4, -0.2) is 56.1 Å². The molecular formula is C24H26ClN7O2. The summed E-state index contributed by atoms with van der Waals surface area (Å²) in [6.45, 7) is 7.03. The Hall–Kier alpha value is -3.43. The second-order valence-corrected chi connectivity index (χ2v) is 9.01. The summed E-state index contributed by atoms with van der Waals surface area (Å²) in [5, 5.41) is 15.8. The number of aryl methyl sites for hydroxylation is 1. The largest absolute Gasteiger partial charge is 0.496 e. The number of aromatic nitrogens is 5. The van der Waals surface area contributed by atoms with Crippen molar-refractivity contribution in [3.05, 3.63) is 52.6 Å². The molecule has 34 heavy (non-hydrogen) atoms. The quantitative estimate of drug-likeness (QED) is 0.446. The normalized spacial score (nSPS) is 14.9. The summed E-state index contributed by atoms with van der Waals surface area (Å²) >= 11 is 6.75. The minimum absolute atomic E-state index is 0.246. The van der Waals surface area contributed by atoms with Gasteiger partial charge in [0.25, 0.3) is 0 Å². The van der Waals surface area contributed by atoms with Crippen LogP contribution in [0, 0.1) is 13.8 Å². The molecule has 1 unspecified atom stereocenters. The molecule has 9 nitrogen and oxygen atoms in total. The summed E-state index contributed by atoms with van der Waals surface area (Å²) in [6, 6.07) is 5.62. The van der Waals surface area contributed by atoms with Gasteiger partial charge in [-0.15, -0.1) is 0 Å². The monoisotopic (exact) mass is 479 g/mol. The number of hydrogen-bond donors (Lipinski definition) is 2. The molecule has 176 valence electrons. The van der Waals surface area contributed by atoms with Gasteiger partial charge in [-0.25, -0.2) is 19.6 Å². The van der Waals surface area contributed by atoms with Crippen LogP contribution in [0.1, 0.15) is 29.8 Å². The van der Waals surface area contributed by atoms with Crippen LogP contribution in [-0.2, 0) is 0 Å². The molecule has 0 aliphatic carbocycles. The van der Waals surface area contributed by atoms with Crippen LogP contribution in [0.15, 0.2) is 30.7 Å². The number of anilines is 2. The first-order valence-electron chi connectivity index (χ1n) is 11.0. The highest BCUT2D eigenvalue weighted by Crippen LogP contribution is 2.44. The van der Waals surface area contributed by atoms with E-state index < -0.39 is 0 Å². The van der Waals surface area contributed by atoms with Gasteiger partial charge < -0.3 is 20.5 Å². The van der Waals surface area contributed by atoms with Crippen molar-refractivity contribution >= 4 is 34.3 Å². The van der Waals surface area contributed by atoms with Gasteiger partial charge in [-0.2, -0.15) is 5.10 Å². The number of methoxy groups -OCH3 is 1. The molecule has 3 aromatic heterocycles. The fourth-order valence-electron chi connectivity index (χ4n) is 4.58. The lowest BCUT2D eigenvalue weighted by Gasteiger charge is -2.37. The SMILES string of the molecule is COc1c(C(C)n2nc(C)c3c(N)ncnc32)cc(Cl)c(C)c1-c1ccnc(N2CC(O)C2)c1. The number of β-amino-alcohol motifs (C(OH)–C–C–N with tert-alkyl or cyclic N) is 1. The van der Waals surface area contributed by atoms with Crippen LogP contribution >= 0.6 is 11.6 Å². The van der Waals surface area contributed by atoms with Crippen molar-refractivity contribution in [1.82, 2.24) is 24.7 Å². The highest BCUT2D eigenvalue weighted by atomic mass is 35.5. The predicted molar refractivity (Wildman–Crippen MR) is 132 cm³/mol. The number of benzene rings is 1. The molecule has 0 spiro atoms. The zero-order valence-corrected chi connectivity index (χ0v) is 20.2. The van der Waals surface area contributed by atoms with E-state index in [1.54, 1.807) is 13.3 Å². The first-order valence-corrected chi connectivity index (χ1v) is 11.4. The van der Waals surface area contributed by atoms with E-state index in [0.717, 1.165) is 39.2 Å². The molecule has 10 heteroatoms. The minimum Gasteiger partial charge on any atom is -0.496 e. The summed E-state index contributed by atoms with van der Waals surface area (Å²) in [5.41, 5.74) is 11.1. The van der Waals surface area contributed by atoms with Crippen molar-refractivity contribution in [3.63, 3.8) is 0 Å². The van der Waals surface area contributed by atoms with E-state index in [2.05, 4.69) is 15.0 Å². The Bertz CT molecular complexity index is 1400. The summed E-state index contributed by atoms with van der Waals surface area (Å²) < 4.78 is 7.81. The van der Waals surface area contributed by atoms with E-state index in [4.69, 9.17) is 27.2 Å². The summed E-state index contributed by atoms with van der Waals surface area (Å²) in [5.74, 6) is 1.91. The molecule has 1 aliphatic rings. The van der Waals surface area contributed by atoms with E-state index in [1.807, 2.05) is 48.6 Å². The third kappa shape index (κ3) is 3.52. The van der Waals surface area contributed by atoms with E-state index in [0.29, 0.717) is 35.3 Å². The van der Waals surface area contributed by atoms with E-state index in [9.17, 15) is 5.11 Å². The summed E-state index contributed by atoms with van der Waals surface area (Å²) in [7, 11) is 1.66. The molecule has 1 aromatic carbocycles. The van der Waals surface area contributed by atoms with Crippen LogP contribution in [0.4, 0.5) is 11.6 Å². The zero-order valence-electron chi connectivity index (χ0n) is 19.4. The molecule has 4 aromatic rings. The van der Waals surface area contributed by atoms with E-state index in [1.165, 1.54) is 6.33 Å². The van der Waals surface area contributed by atoms with Gasteiger partial charge in [0, 0.05) is 35.4 Å². The van der Waals surface area contributed by atoms with Gasteiger partial charge >= 0.3 is 0 Å². The third-order valence-electron chi connectivity index (χ3n) is 6.44. The Morgan fingerprint density at radius 2 is 1.97 bits per heavy atom. The van der Waals surface area contributed by atoms with Gasteiger partial charge in [0.15, 0.2) is 5.65 Å². The zero-order chi connectivity index (χ0) is 24.1. The maximum absolute atomic E-state index is 9.70. The standard InChI is InChI=1S/C24H26ClN7O2/c1-12-18(25)8-17(14(3)32-24-21(13(2)30-32)23(26)28-11-29-24)22(34-4)20(12)15-5-6-27-19(7-15)31-9-16(33)10-31/h5-8,11,14,16,33H,9-10H2,1-4H3,(H2,26,28,29). The number of aliphatic hydroxyl groups excluding tert-OH is 1. The van der Waals surface area contributed by atoms with Crippen LogP contribution in [0.5, 0.6) is 5.75 Å². The maximum Gasteiger partial charge on any atom is 0.164 e. The molecule has 0 saturated carbocycles. The van der Waals surface area contributed by atoms with Gasteiger partial charge in [0.2, 0.25) is 0 Å². The Labute approximate surface area is 202 Å². The molecule has 1 fully saturated rings. The number of aliphatic hydroxyl groups is 1. The van der Waals surface area contributed by atoms with Crippen molar-refractivity contribution in [2.24, 2.45) is 0 Å². The first kappa shape index (κ1) is 22.4. The first-order chi connectivity index (χ1) is 16.3. The number of fused-ring (bicyclic) bond motifs is 1. The van der Waals surface area contributed by atoms with Crippen LogP contribution in [0.25, 0.3) is 22.2 Å². The number of nitrogens with two attached hydrogens (primary N) is 1. The molecule has 0 bridgehead atoms. The van der Waals surface area contributed by atoms with Crippen molar-refractivity contribution in [3.8, 4) is 16.9 Å². The number of rotatable bonds is 5. The van der Waals surface area contributed by atoms with E-state index >= 15 is 0 Å². The van der Waals surface area contributed by atoms with Gasteiger partial charge in [0.05, 0.1) is 30.3 Å². The topological polar surface area (TPSA) is 115 Å². The Balaban J connectivity index is 1.66. The Morgan fingerprint density at radius 3 is 2.68 bits per heavy atom. The lowest BCUT2D eigenvalue weighted by Crippen LogP contribution is -2.51. The maximum atomic E-state index is 9.70. The van der Waals surface area contributed by atoms with Crippen LogP contribution in [0.2, 0.25) is 5.02 Å².